The normalized spacial score (nSPS) is 19.9. The molecular formula is C16H24N4. The summed E-state index contributed by atoms with van der Waals surface area (Å²) in [4.78, 5) is 4.46. The zero-order valence-corrected chi connectivity index (χ0v) is 12.5. The Bertz CT molecular complexity index is 567. The predicted molar refractivity (Wildman–Crippen MR) is 81.0 cm³/mol. The van der Waals surface area contributed by atoms with Gasteiger partial charge >= 0.3 is 0 Å². The second kappa shape index (κ2) is 5.92. The fraction of sp³-hybridized carbons (Fsp3) is 0.625. The summed E-state index contributed by atoms with van der Waals surface area (Å²) in [6.45, 7) is 6.71. The van der Waals surface area contributed by atoms with Crippen LogP contribution < -0.4 is 5.32 Å². The van der Waals surface area contributed by atoms with Gasteiger partial charge in [0.05, 0.1) is 11.4 Å². The number of hydrogen-bond donors (Lipinski definition) is 1. The van der Waals surface area contributed by atoms with Crippen molar-refractivity contribution in [3.63, 3.8) is 0 Å². The molecule has 1 aliphatic rings. The van der Waals surface area contributed by atoms with Gasteiger partial charge in [-0.25, -0.2) is 9.50 Å². The van der Waals surface area contributed by atoms with Crippen molar-refractivity contribution >= 4 is 5.65 Å². The standard InChI is InChI=1S/C16H24N4/c1-12(2)5-6-14-10-16-18-9-7-15(20(16)19-14)13-4-3-8-17-11-13/h7,9-10,12-13,17H,3-6,8,11H2,1-2H3. The van der Waals surface area contributed by atoms with Crippen molar-refractivity contribution < 1.29 is 0 Å². The van der Waals surface area contributed by atoms with Crippen LogP contribution in [0.25, 0.3) is 5.65 Å². The topological polar surface area (TPSA) is 42.2 Å². The molecular weight excluding hydrogens is 248 g/mol. The van der Waals surface area contributed by atoms with Crippen molar-refractivity contribution in [3.8, 4) is 0 Å². The maximum Gasteiger partial charge on any atom is 0.155 e. The van der Waals surface area contributed by atoms with Gasteiger partial charge in [-0.1, -0.05) is 13.8 Å². The minimum atomic E-state index is 0.562. The Labute approximate surface area is 120 Å². The quantitative estimate of drug-likeness (QED) is 0.930. The lowest BCUT2D eigenvalue weighted by Gasteiger charge is -2.23. The van der Waals surface area contributed by atoms with Crippen LogP contribution in [-0.2, 0) is 6.42 Å². The first kappa shape index (κ1) is 13.6. The molecule has 108 valence electrons. The fourth-order valence-electron chi connectivity index (χ4n) is 2.93. The van der Waals surface area contributed by atoms with E-state index in [9.17, 15) is 0 Å². The van der Waals surface area contributed by atoms with Crippen LogP contribution >= 0.6 is 0 Å². The minimum absolute atomic E-state index is 0.562. The summed E-state index contributed by atoms with van der Waals surface area (Å²) in [7, 11) is 0. The Morgan fingerprint density at radius 2 is 2.35 bits per heavy atom. The monoisotopic (exact) mass is 272 g/mol. The molecule has 0 amide bonds. The van der Waals surface area contributed by atoms with E-state index in [1.54, 1.807) is 0 Å². The molecule has 0 spiro atoms. The first-order valence-corrected chi connectivity index (χ1v) is 7.78. The third-order valence-electron chi connectivity index (χ3n) is 4.13. The van der Waals surface area contributed by atoms with Gasteiger partial charge in [-0.05, 0) is 44.2 Å². The van der Waals surface area contributed by atoms with Crippen LogP contribution in [0.4, 0.5) is 0 Å². The van der Waals surface area contributed by atoms with Crippen molar-refractivity contribution in [3.05, 3.63) is 29.7 Å². The van der Waals surface area contributed by atoms with Gasteiger partial charge < -0.3 is 5.32 Å². The molecule has 0 aromatic carbocycles. The van der Waals surface area contributed by atoms with E-state index in [1.807, 2.05) is 6.20 Å². The molecule has 0 bridgehead atoms. The van der Waals surface area contributed by atoms with Crippen LogP contribution in [0, 0.1) is 5.92 Å². The molecule has 20 heavy (non-hydrogen) atoms. The van der Waals surface area contributed by atoms with Crippen LogP contribution in [0.5, 0.6) is 0 Å². The number of rotatable bonds is 4. The molecule has 2 aromatic heterocycles. The van der Waals surface area contributed by atoms with Crippen LogP contribution in [0.3, 0.4) is 0 Å². The molecule has 3 rings (SSSR count). The first-order chi connectivity index (χ1) is 9.74. The lowest BCUT2D eigenvalue weighted by molar-refractivity contribution is 0.447. The fourth-order valence-corrected chi connectivity index (χ4v) is 2.93. The Balaban J connectivity index is 1.88. The Hall–Kier alpha value is -1.42. The Morgan fingerprint density at radius 3 is 3.10 bits per heavy atom. The van der Waals surface area contributed by atoms with Gasteiger partial charge in [0.1, 0.15) is 0 Å². The summed E-state index contributed by atoms with van der Waals surface area (Å²) in [6.07, 6.45) is 6.64. The van der Waals surface area contributed by atoms with Crippen molar-refractivity contribution in [1.82, 2.24) is 19.9 Å². The van der Waals surface area contributed by atoms with E-state index < -0.39 is 0 Å². The highest BCUT2D eigenvalue weighted by Crippen LogP contribution is 2.23. The summed E-state index contributed by atoms with van der Waals surface area (Å²) < 4.78 is 2.06. The summed E-state index contributed by atoms with van der Waals surface area (Å²) >= 11 is 0. The molecule has 1 saturated heterocycles. The molecule has 1 unspecified atom stereocenters. The molecule has 0 radical (unpaired) electrons. The number of piperidine rings is 1. The van der Waals surface area contributed by atoms with E-state index in [1.165, 1.54) is 30.7 Å². The SMILES string of the molecule is CC(C)CCc1cc2nccc(C3CCCNC3)n2n1. The van der Waals surface area contributed by atoms with E-state index in [4.69, 9.17) is 5.10 Å². The number of hydrogen-bond acceptors (Lipinski definition) is 3. The summed E-state index contributed by atoms with van der Waals surface area (Å²) in [5, 5.41) is 8.27. The van der Waals surface area contributed by atoms with Gasteiger partial charge in [0, 0.05) is 24.7 Å². The summed E-state index contributed by atoms with van der Waals surface area (Å²) in [6, 6.07) is 4.27. The number of nitrogens with zero attached hydrogens (tertiary/aromatic N) is 3. The third kappa shape index (κ3) is 2.85. The van der Waals surface area contributed by atoms with Crippen molar-refractivity contribution in [2.24, 2.45) is 5.92 Å². The van der Waals surface area contributed by atoms with Gasteiger partial charge in [0.25, 0.3) is 0 Å². The zero-order chi connectivity index (χ0) is 13.9. The second-order valence-electron chi connectivity index (χ2n) is 6.25. The molecule has 3 heterocycles. The van der Waals surface area contributed by atoms with E-state index in [-0.39, 0.29) is 0 Å². The smallest absolute Gasteiger partial charge is 0.155 e. The number of nitrogens with one attached hydrogen (secondary N) is 1. The van der Waals surface area contributed by atoms with Gasteiger partial charge in [-0.15, -0.1) is 0 Å². The highest BCUT2D eigenvalue weighted by Gasteiger charge is 2.19. The van der Waals surface area contributed by atoms with Crippen LogP contribution in [0.1, 0.15) is 50.4 Å². The number of aromatic nitrogens is 3. The molecule has 1 fully saturated rings. The lowest BCUT2D eigenvalue weighted by Crippen LogP contribution is -2.29. The van der Waals surface area contributed by atoms with Crippen molar-refractivity contribution in [2.75, 3.05) is 13.1 Å². The summed E-state index contributed by atoms with van der Waals surface area (Å²) in [5.41, 5.74) is 3.47. The molecule has 4 nitrogen and oxygen atoms in total. The Kier molecular flexibility index (Phi) is 4.01. The average Bonchev–Trinajstić information content (AvgIpc) is 2.89. The van der Waals surface area contributed by atoms with E-state index >= 15 is 0 Å². The largest absolute Gasteiger partial charge is 0.316 e. The van der Waals surface area contributed by atoms with Gasteiger partial charge in [-0.3, -0.25) is 0 Å². The van der Waals surface area contributed by atoms with Gasteiger partial charge in [-0.2, -0.15) is 5.10 Å². The van der Waals surface area contributed by atoms with E-state index in [0.717, 1.165) is 31.1 Å². The maximum atomic E-state index is 4.79. The predicted octanol–water partition coefficient (Wildman–Crippen LogP) is 2.78. The third-order valence-corrected chi connectivity index (χ3v) is 4.13. The van der Waals surface area contributed by atoms with E-state index in [2.05, 4.69) is 40.8 Å². The second-order valence-corrected chi connectivity index (χ2v) is 6.25. The maximum absolute atomic E-state index is 4.79. The van der Waals surface area contributed by atoms with Gasteiger partial charge in [0.2, 0.25) is 0 Å². The summed E-state index contributed by atoms with van der Waals surface area (Å²) in [5.74, 6) is 1.28. The average molecular weight is 272 g/mol. The van der Waals surface area contributed by atoms with Crippen molar-refractivity contribution in [1.29, 1.82) is 0 Å². The van der Waals surface area contributed by atoms with Crippen LogP contribution in [0.2, 0.25) is 0 Å². The molecule has 4 heteroatoms. The Morgan fingerprint density at radius 1 is 1.45 bits per heavy atom. The first-order valence-electron chi connectivity index (χ1n) is 7.78. The lowest BCUT2D eigenvalue weighted by atomic mass is 9.96. The molecule has 0 saturated carbocycles. The molecule has 1 aliphatic heterocycles. The van der Waals surface area contributed by atoms with E-state index in [0.29, 0.717) is 5.92 Å². The highest BCUT2D eigenvalue weighted by molar-refractivity contribution is 5.41. The molecule has 1 N–H and O–H groups in total. The molecule has 2 aromatic rings. The van der Waals surface area contributed by atoms with Crippen molar-refractivity contribution in [2.45, 2.75) is 45.4 Å². The molecule has 0 aliphatic carbocycles. The zero-order valence-electron chi connectivity index (χ0n) is 12.5. The van der Waals surface area contributed by atoms with Gasteiger partial charge in [0.15, 0.2) is 5.65 Å². The number of fused-ring (bicyclic) bond motifs is 1. The van der Waals surface area contributed by atoms with Crippen LogP contribution in [0.15, 0.2) is 18.3 Å². The minimum Gasteiger partial charge on any atom is -0.316 e. The highest BCUT2D eigenvalue weighted by atomic mass is 15.3. The number of aryl methyl sites for hydroxylation is 1. The molecule has 1 atom stereocenters. The van der Waals surface area contributed by atoms with Crippen LogP contribution in [-0.4, -0.2) is 27.7 Å².